The number of imidazole rings is 4. The number of nitrogens with one attached hydrogen (secondary N) is 2. The van der Waals surface area contributed by atoms with Gasteiger partial charge in [-0.3, -0.25) is 64.9 Å². The second kappa shape index (κ2) is 36.8. The van der Waals surface area contributed by atoms with Gasteiger partial charge in [0.2, 0.25) is 15.4 Å². The Bertz CT molecular complexity index is 5550. The van der Waals surface area contributed by atoms with Crippen molar-refractivity contribution in [3.63, 3.8) is 0 Å². The van der Waals surface area contributed by atoms with E-state index in [0.717, 1.165) is 23.5 Å². The van der Waals surface area contributed by atoms with Gasteiger partial charge in [-0.1, -0.05) is 50.2 Å². The molecule has 642 valence electrons. The fraction of sp³-hybridized carbons (Fsp3) is 0.456. The highest BCUT2D eigenvalue weighted by molar-refractivity contribution is 7.85. The smallest absolute Gasteiger partial charge is 0.387 e. The van der Waals surface area contributed by atoms with Crippen LogP contribution in [0.3, 0.4) is 0 Å². The summed E-state index contributed by atoms with van der Waals surface area (Å²) >= 11 is 0. The van der Waals surface area contributed by atoms with Crippen LogP contribution in [0, 0.1) is 28.6 Å². The molecular weight excluding hydrogens is 1690 g/mol. The van der Waals surface area contributed by atoms with E-state index in [-0.39, 0.29) is 119 Å². The largest absolute Gasteiger partial charge is 0.475 e. The summed E-state index contributed by atoms with van der Waals surface area (Å²) in [5.41, 5.74) is 11.3. The maximum Gasteiger partial charge on any atom is 0.475 e. The summed E-state index contributed by atoms with van der Waals surface area (Å²) in [4.78, 5) is 117. The van der Waals surface area contributed by atoms with E-state index in [2.05, 4.69) is 66.2 Å². The summed E-state index contributed by atoms with van der Waals surface area (Å²) in [6, 6.07) is 20.5. The highest BCUT2D eigenvalue weighted by Gasteiger charge is 2.59. The Morgan fingerprint density at radius 2 is 1.07 bits per heavy atom. The lowest BCUT2D eigenvalue weighted by Crippen LogP contribution is -2.38. The maximum atomic E-state index is 17.1. The number of aliphatic imine (C=N–C) groups is 2. The second-order valence-electron chi connectivity index (χ2n) is 27.0. The molecule has 0 saturated carbocycles. The lowest BCUT2D eigenvalue weighted by atomic mass is 9.98. The molecule has 2 aromatic carbocycles. The number of alkyl halides is 4. The molecule has 2 amide bonds. The number of halogens is 4. The number of carbonyl (C=O) groups is 5. The number of nitrogens with two attached hydrogens (primary N) is 2. The maximum absolute atomic E-state index is 17.1. The van der Waals surface area contributed by atoms with Crippen LogP contribution >= 0.6 is 30.9 Å². The third-order valence-electron chi connectivity index (χ3n) is 19.0. The topological polar surface area (TPSA) is 557 Å². The van der Waals surface area contributed by atoms with Gasteiger partial charge in [-0.2, -0.15) is 10.5 Å². The van der Waals surface area contributed by atoms with Crippen molar-refractivity contribution in [3.8, 4) is 12.1 Å². The first kappa shape index (κ1) is 87.7. The van der Waals surface area contributed by atoms with Crippen molar-refractivity contribution < 1.29 is 124 Å². The zero-order valence-corrected chi connectivity index (χ0v) is 65.9. The predicted octanol–water partition coefficient (Wildman–Crippen LogP) is 5.54. The fourth-order valence-electron chi connectivity index (χ4n) is 13.3. The summed E-state index contributed by atoms with van der Waals surface area (Å²) in [6.07, 6.45) is -21.3. The number of amidine groups is 1. The molecule has 0 radical (unpaired) electrons. The minimum atomic E-state index is -5.15. The number of benzene rings is 2. The molecule has 16 rings (SSSR count). The van der Waals surface area contributed by atoms with Crippen LogP contribution in [0.2, 0.25) is 0 Å². The molecule has 7 N–H and O–H groups in total. The van der Waals surface area contributed by atoms with Crippen LogP contribution in [-0.2, 0) is 82.7 Å². The van der Waals surface area contributed by atoms with E-state index in [9.17, 15) is 53.1 Å². The number of rotatable bonds is 17. The number of nitriles is 2. The van der Waals surface area contributed by atoms with Crippen LogP contribution in [0.5, 0.6) is 0 Å². The Balaban J connectivity index is 0.000000198. The van der Waals surface area contributed by atoms with Gasteiger partial charge in [0.1, 0.15) is 87.7 Å². The van der Waals surface area contributed by atoms with Gasteiger partial charge in [0.15, 0.2) is 124 Å². The van der Waals surface area contributed by atoms with E-state index in [1.54, 1.807) is 74.5 Å². The van der Waals surface area contributed by atoms with Gasteiger partial charge >= 0.3 is 15.6 Å². The number of amides is 2. The predicted molar refractivity (Wildman–Crippen MR) is 417 cm³/mol. The number of ether oxygens (including phenoxy) is 4. The highest BCUT2D eigenvalue weighted by atomic mass is 31.2. The average Bonchev–Trinajstić information content (AvgIpc) is 1.62. The molecule has 0 bridgehead atoms. The quantitative estimate of drug-likeness (QED) is 0.0323. The summed E-state index contributed by atoms with van der Waals surface area (Å²) in [7, 11) is -18.6. The van der Waals surface area contributed by atoms with Crippen molar-refractivity contribution in [1.29, 1.82) is 10.5 Å². The Kier molecular flexibility index (Phi) is 26.7. The lowest BCUT2D eigenvalue weighted by Gasteiger charge is -2.32. The number of carbonyl (C=O) groups excluding carboxylic acids is 5. The van der Waals surface area contributed by atoms with Crippen molar-refractivity contribution in [2.45, 2.75) is 144 Å². The van der Waals surface area contributed by atoms with E-state index < -0.39 is 201 Å². The molecule has 6 fully saturated rings. The third kappa shape index (κ3) is 18.8. The van der Waals surface area contributed by atoms with Crippen LogP contribution in [-0.4, -0.2) is 239 Å². The number of anilines is 2. The number of fused-ring (bicyclic) bond motifs is 8. The van der Waals surface area contributed by atoms with Crippen molar-refractivity contribution in [3.05, 3.63) is 121 Å². The zero-order chi connectivity index (χ0) is 86.0. The molecule has 20 atom stereocenters. The number of phosphoric ester groups is 2. The van der Waals surface area contributed by atoms with Crippen LogP contribution in [0.4, 0.5) is 40.8 Å². The molecule has 121 heavy (non-hydrogen) atoms. The number of hydrogen-bond acceptors (Lipinski definition) is 36. The number of aromatic nitrogens is 12. The second-order valence-corrected chi connectivity index (χ2v) is 32.1. The van der Waals surface area contributed by atoms with E-state index >= 15 is 17.6 Å². The van der Waals surface area contributed by atoms with Gasteiger partial charge < -0.3 is 59.6 Å². The van der Waals surface area contributed by atoms with Gasteiger partial charge in [0.25, 0.3) is 11.8 Å². The standard InChI is InChI=1S/C39H43BF2N10O12P2.C28H29BF2N9O11P2.CH5N/c1-21(2)24(53)14-23-15-25(54)30-36(49-23)52(19-47-30)39-28(41)32-27(62-39)17-60-66(56,58-13-7-11-44)64-33-26(16-59-65(40,63-32)57-12-6-10-43)61-38(29(33)42)51-20-48-31-34(45-18-46-35(31)51)50-37(55)22-8-4-3-5-9-22;29-52(43)46-7-14-22(18(31)27(48-14)39-11-36-20-23(33-9-34-24(20)39)38-26(42)12-4-2-1-3-5-12)51-53(44,45)47-8-15-21(50-52)17(30)28(49-15)40-10-35-19-13(41)6-16(32)37-25(19)40;1-2/h3-5,8-9,18-21,26-29,32-33,38-39H,6-7,12-17H2,1-2,40H3,(H,45,46,50,55);1-5,9-11,14-15,17-18,21-22,27-28H,6-8H2,29H3,(H2,32,37)(H,44,45)(H,33,34,38,42);2H2,1H3/q;-1;/t26?,27-,28-,29-,32-,33-,38-,39-,65?,66?;14?,15-,17-,18-,21-,22-,27-,28-,52?;/m11./s1. The molecule has 53 heteroatoms. The highest BCUT2D eigenvalue weighted by Crippen LogP contribution is 2.63. The first-order valence-electron chi connectivity index (χ1n) is 36.3. The number of nitrogens with zero attached hydrogens (tertiary/aromatic N) is 16. The van der Waals surface area contributed by atoms with Crippen LogP contribution in [0.15, 0.2) is 109 Å². The summed E-state index contributed by atoms with van der Waals surface area (Å²) in [5.74, 6) is -2.43. The summed E-state index contributed by atoms with van der Waals surface area (Å²) in [6.45, 7) is 0.00301. The minimum Gasteiger partial charge on any atom is -0.387 e. The molecule has 6 unspecified atom stereocenters. The molecule has 6 aromatic heterocycles. The van der Waals surface area contributed by atoms with E-state index in [4.69, 9.17) is 69.9 Å². The molecule has 0 aliphatic carbocycles. The van der Waals surface area contributed by atoms with Crippen LogP contribution in [0.1, 0.15) is 113 Å². The van der Waals surface area contributed by atoms with Gasteiger partial charge in [0, 0.05) is 29.2 Å². The fourth-order valence-corrected chi connectivity index (χ4v) is 17.6. The van der Waals surface area contributed by atoms with Crippen LogP contribution < -0.4 is 22.1 Å². The molecule has 8 aliphatic rings. The molecule has 14 heterocycles. The monoisotopic (exact) mass is 1760 g/mol. The number of phosphoric acid groups is 2. The minimum absolute atomic E-state index is 0.0211. The normalized spacial score (nSPS) is 31.6. The molecule has 8 aliphatic heterocycles. The molecule has 6 saturated heterocycles. The zero-order valence-electron chi connectivity index (χ0n) is 62.4. The number of hydrogen-bond donors (Lipinski definition) is 5. The van der Waals surface area contributed by atoms with Gasteiger partial charge in [-0.15, -0.1) is 0 Å². The molecule has 43 nitrogen and oxygen atoms in total. The Morgan fingerprint density at radius 3 is 1.60 bits per heavy atom. The Morgan fingerprint density at radius 1 is 0.612 bits per heavy atom. The van der Waals surface area contributed by atoms with Gasteiger partial charge in [-0.25, -0.2) is 90.1 Å². The Hall–Kier alpha value is -9.64. The van der Waals surface area contributed by atoms with E-state index in [0.29, 0.717) is 11.1 Å². The summed E-state index contributed by atoms with van der Waals surface area (Å²) < 4.78 is 195. The van der Waals surface area contributed by atoms with Crippen LogP contribution in [0.25, 0.3) is 22.3 Å². The first-order valence-corrected chi connectivity index (χ1v) is 41.4. The third-order valence-corrected chi connectivity index (χ3v) is 23.4. The van der Waals surface area contributed by atoms with E-state index in [1.807, 2.05) is 12.1 Å². The molecule has 8 aromatic rings. The summed E-state index contributed by atoms with van der Waals surface area (Å²) in [5, 5.41) is 23.9. The number of Topliss-reactive ketones (excluding diaryl/α,β-unsaturated/α-hetero) is 3. The Labute approximate surface area is 684 Å². The SMILES string of the molecule is CN.[BH3-]P1(=O)OCC2O[C@@H](n3cnc4c(NC(=O)c5ccccc5)ncnc43)[C@H](F)[C@@H]2OP(=O)(O)OC[C@H]2O[C@@H](n3cnc4c3N=C(N)CC4=O)[C@H](F)[C@@H]2O1.[BH3-][P+]1(OCCC#N)OCC2O[C@@H](n3cnc4c(NC(=O)c5ccccc5)ncnc43)[C@H](F)[C@@H]2OP(=O)(OCCC#N)OC[C@H]2O[C@@H](n3cnc4c3N=C(CC(=O)C(C)C)CC4=O)[C@H](F)[C@@H]2O1. The van der Waals surface area contributed by atoms with Crippen molar-refractivity contribution >= 4 is 132 Å². The van der Waals surface area contributed by atoms with Gasteiger partial charge in [0.05, 0.1) is 97.1 Å². The average molecular weight is 1760 g/mol. The lowest BCUT2D eigenvalue weighted by molar-refractivity contribution is -0.120. The van der Waals surface area contributed by atoms with Crippen molar-refractivity contribution in [2.24, 2.45) is 27.4 Å². The first-order chi connectivity index (χ1) is 58.0. The molecule has 0 spiro atoms. The number of ketones is 3. The van der Waals surface area contributed by atoms with Gasteiger partial charge in [-0.05, 0) is 31.3 Å². The molecular formula is C68H77B2F4N20O23P4-. The van der Waals surface area contributed by atoms with Crippen molar-refractivity contribution in [2.75, 3.05) is 57.3 Å². The van der Waals surface area contributed by atoms with E-state index in [1.165, 1.54) is 39.7 Å². The van der Waals surface area contributed by atoms with Crippen molar-refractivity contribution in [1.82, 2.24) is 58.1 Å².